The van der Waals surface area contributed by atoms with Gasteiger partial charge in [0.15, 0.2) is 17.2 Å². The Morgan fingerprint density at radius 1 is 0.804 bits per heavy atom. The number of rotatable bonds is 9. The predicted molar refractivity (Wildman–Crippen MR) is 174 cm³/mol. The van der Waals surface area contributed by atoms with Gasteiger partial charge in [-0.15, -0.1) is 0 Å². The molecule has 0 spiro atoms. The molecule has 0 radical (unpaired) electrons. The zero-order chi connectivity index (χ0) is 36.8. The Kier molecular flexibility index (Phi) is 11.3. The van der Waals surface area contributed by atoms with Crippen molar-refractivity contribution in [3.63, 3.8) is 0 Å². The maximum absolute atomic E-state index is 14.5. The number of piperidine rings is 1. The summed E-state index contributed by atoms with van der Waals surface area (Å²) < 4.78 is 73.5. The summed E-state index contributed by atoms with van der Waals surface area (Å²) in [6.45, 7) is 2.49. The van der Waals surface area contributed by atoms with Gasteiger partial charge in [-0.25, -0.2) is 23.0 Å². The number of carboxylic acid groups (broad SMARTS) is 1. The molecule has 2 aliphatic rings. The van der Waals surface area contributed by atoms with E-state index in [1.807, 2.05) is 6.07 Å². The van der Waals surface area contributed by atoms with Crippen molar-refractivity contribution in [2.24, 2.45) is 10.9 Å². The molecular weight excluding hydrogens is 678 g/mol. The number of hydrogen-bond acceptors (Lipinski definition) is 6. The second-order valence-electron chi connectivity index (χ2n) is 12.0. The molecule has 1 amide bonds. The monoisotopic (exact) mass is 710 g/mol. The van der Waals surface area contributed by atoms with Crippen LogP contribution in [0.3, 0.4) is 0 Å². The van der Waals surface area contributed by atoms with E-state index in [2.05, 4.69) is 9.88 Å². The van der Waals surface area contributed by atoms with Crippen LogP contribution >= 0.6 is 0 Å². The first-order valence-corrected chi connectivity index (χ1v) is 16.0. The summed E-state index contributed by atoms with van der Waals surface area (Å²) in [5, 5.41) is 7.12. The predicted octanol–water partition coefficient (Wildman–Crippen LogP) is 6.65. The summed E-state index contributed by atoms with van der Waals surface area (Å²) in [7, 11) is 0. The Labute approximate surface area is 289 Å². The summed E-state index contributed by atoms with van der Waals surface area (Å²) in [6, 6.07) is 22.4. The summed E-state index contributed by atoms with van der Waals surface area (Å²) in [5.41, 5.74) is 0.195. The number of hydrogen-bond donors (Lipinski definition) is 1. The van der Waals surface area contributed by atoms with Gasteiger partial charge in [-0.1, -0.05) is 30.3 Å². The zero-order valence-electron chi connectivity index (χ0n) is 27.0. The van der Waals surface area contributed by atoms with Gasteiger partial charge in [-0.2, -0.15) is 13.2 Å². The average molecular weight is 711 g/mol. The zero-order valence-corrected chi connectivity index (χ0v) is 27.0. The topological polar surface area (TPSA) is 103 Å². The Balaban J connectivity index is 0.000000654. The van der Waals surface area contributed by atoms with Crippen molar-refractivity contribution >= 4 is 23.5 Å². The van der Waals surface area contributed by atoms with E-state index in [0.717, 1.165) is 13.1 Å². The van der Waals surface area contributed by atoms with E-state index in [4.69, 9.17) is 14.9 Å². The van der Waals surface area contributed by atoms with Crippen LogP contribution in [-0.4, -0.2) is 75.7 Å². The number of carbonyl (C=O) groups excluding carboxylic acids is 2. The standard InChI is InChI=1S/C35H31F3N4O2.C2HF3O2/c36-28-12-8-24(9-13-28)32(43)25-16-21-41(22-17-25)19-4-20-42-33(31-7-1-2-18-39-31)40-35(34(42)44,26-10-14-29(37)15-11-26)27-5-3-6-30(38)23-27;3-2(4,5)1(6)7/h1-3,5-15,18,23,25H,4,16-17,19-22H2;(H,6,7). The van der Waals surface area contributed by atoms with Crippen LogP contribution in [0.2, 0.25) is 0 Å². The number of amides is 1. The van der Waals surface area contributed by atoms with Gasteiger partial charge in [0.25, 0.3) is 5.91 Å². The number of aliphatic imine (C=N–C) groups is 1. The van der Waals surface area contributed by atoms with Gasteiger partial charge in [-0.05, 0) is 111 Å². The van der Waals surface area contributed by atoms with Crippen molar-refractivity contribution in [1.29, 1.82) is 0 Å². The summed E-state index contributed by atoms with van der Waals surface area (Å²) in [5.74, 6) is -4.15. The molecule has 1 fully saturated rings. The van der Waals surface area contributed by atoms with Crippen LogP contribution in [0, 0.1) is 23.4 Å². The highest BCUT2D eigenvalue weighted by Gasteiger charge is 2.51. The lowest BCUT2D eigenvalue weighted by Gasteiger charge is -2.32. The van der Waals surface area contributed by atoms with Crippen LogP contribution in [0.4, 0.5) is 26.3 Å². The third-order valence-electron chi connectivity index (χ3n) is 8.67. The lowest BCUT2D eigenvalue weighted by molar-refractivity contribution is -0.192. The number of amidine groups is 1. The van der Waals surface area contributed by atoms with Crippen molar-refractivity contribution in [2.45, 2.75) is 31.0 Å². The first-order valence-electron chi connectivity index (χ1n) is 16.0. The number of alkyl halides is 3. The second kappa shape index (κ2) is 15.7. The molecule has 266 valence electrons. The highest BCUT2D eigenvalue weighted by molar-refractivity contribution is 6.16. The first-order chi connectivity index (χ1) is 24.3. The van der Waals surface area contributed by atoms with Gasteiger partial charge in [0.05, 0.1) is 0 Å². The third kappa shape index (κ3) is 8.51. The number of likely N-dealkylation sites (tertiary alicyclic amines) is 1. The van der Waals surface area contributed by atoms with E-state index in [1.54, 1.807) is 29.3 Å². The van der Waals surface area contributed by atoms with Gasteiger partial charge < -0.3 is 10.0 Å². The molecule has 4 aromatic rings. The van der Waals surface area contributed by atoms with E-state index in [0.29, 0.717) is 60.6 Å². The fourth-order valence-electron chi connectivity index (χ4n) is 6.12. The number of carbonyl (C=O) groups is 3. The number of carboxylic acids is 1. The molecule has 0 aliphatic carbocycles. The third-order valence-corrected chi connectivity index (χ3v) is 8.67. The second-order valence-corrected chi connectivity index (χ2v) is 12.0. The lowest BCUT2D eigenvalue weighted by Crippen LogP contribution is -2.43. The van der Waals surface area contributed by atoms with Gasteiger partial charge in [0.1, 0.15) is 23.1 Å². The summed E-state index contributed by atoms with van der Waals surface area (Å²) >= 11 is 0. The molecule has 1 saturated heterocycles. The van der Waals surface area contributed by atoms with E-state index in [-0.39, 0.29) is 23.4 Å². The summed E-state index contributed by atoms with van der Waals surface area (Å²) in [6.07, 6.45) is -1.44. The maximum Gasteiger partial charge on any atom is 0.490 e. The lowest BCUT2D eigenvalue weighted by atomic mass is 9.82. The van der Waals surface area contributed by atoms with Crippen LogP contribution in [0.1, 0.15) is 46.4 Å². The fourth-order valence-corrected chi connectivity index (χ4v) is 6.12. The number of aromatic nitrogens is 1. The van der Waals surface area contributed by atoms with Crippen molar-refractivity contribution in [1.82, 2.24) is 14.8 Å². The minimum absolute atomic E-state index is 0.0398. The van der Waals surface area contributed by atoms with Crippen LogP contribution in [-0.2, 0) is 15.1 Å². The minimum atomic E-state index is -5.08. The summed E-state index contributed by atoms with van der Waals surface area (Å²) in [4.78, 5) is 49.5. The molecule has 1 N–H and O–H groups in total. The molecule has 3 heterocycles. The van der Waals surface area contributed by atoms with Crippen LogP contribution < -0.4 is 0 Å². The number of ketones is 1. The number of aliphatic carboxylic acids is 1. The largest absolute Gasteiger partial charge is 0.490 e. The molecule has 6 rings (SSSR count). The Morgan fingerprint density at radius 2 is 1.43 bits per heavy atom. The molecular formula is C37H32F6N4O4. The molecule has 2 aliphatic heterocycles. The number of halogens is 6. The van der Waals surface area contributed by atoms with Crippen molar-refractivity contribution in [2.75, 3.05) is 26.2 Å². The molecule has 0 saturated carbocycles. The number of Topliss-reactive ketones (excluding diaryl/α,β-unsaturated/α-hetero) is 1. The maximum atomic E-state index is 14.5. The Bertz CT molecular complexity index is 1880. The first kappa shape index (κ1) is 36.9. The SMILES string of the molecule is O=C(O)C(F)(F)F.O=C(c1ccc(F)cc1)C1CCN(CCCN2C(=O)C(c3ccc(F)cc3)(c3cccc(F)c3)N=C2c2ccccn2)CC1. The molecule has 0 bridgehead atoms. The van der Waals surface area contributed by atoms with Crippen molar-refractivity contribution in [3.8, 4) is 0 Å². The number of pyridine rings is 1. The van der Waals surface area contributed by atoms with E-state index < -0.39 is 29.3 Å². The van der Waals surface area contributed by atoms with Gasteiger partial charge in [0.2, 0.25) is 0 Å². The van der Waals surface area contributed by atoms with Gasteiger partial charge in [0, 0.05) is 24.2 Å². The van der Waals surface area contributed by atoms with Crippen molar-refractivity contribution in [3.05, 3.63) is 137 Å². The molecule has 51 heavy (non-hydrogen) atoms. The smallest absolute Gasteiger partial charge is 0.475 e. The van der Waals surface area contributed by atoms with Crippen LogP contribution in [0.25, 0.3) is 0 Å². The van der Waals surface area contributed by atoms with E-state index >= 15 is 0 Å². The minimum Gasteiger partial charge on any atom is -0.475 e. The van der Waals surface area contributed by atoms with E-state index in [9.17, 15) is 35.9 Å². The molecule has 8 nitrogen and oxygen atoms in total. The number of benzene rings is 3. The van der Waals surface area contributed by atoms with Crippen LogP contribution in [0.5, 0.6) is 0 Å². The highest BCUT2D eigenvalue weighted by Crippen LogP contribution is 2.41. The Hall–Kier alpha value is -5.37. The average Bonchev–Trinajstić information content (AvgIpc) is 3.41. The number of nitrogens with zero attached hydrogens (tertiary/aromatic N) is 4. The molecule has 1 unspecified atom stereocenters. The van der Waals surface area contributed by atoms with Gasteiger partial charge >= 0.3 is 12.1 Å². The molecule has 1 atom stereocenters. The fraction of sp³-hybridized carbons (Fsp3) is 0.270. The molecule has 3 aromatic carbocycles. The van der Waals surface area contributed by atoms with Crippen molar-refractivity contribution < 1.29 is 45.8 Å². The normalized spacial score (nSPS) is 18.2. The molecule has 14 heteroatoms. The van der Waals surface area contributed by atoms with E-state index in [1.165, 1.54) is 66.7 Å². The Morgan fingerprint density at radius 3 is 2.00 bits per heavy atom. The molecule has 1 aromatic heterocycles. The van der Waals surface area contributed by atoms with Gasteiger partial charge in [-0.3, -0.25) is 19.5 Å². The highest BCUT2D eigenvalue weighted by atomic mass is 19.4. The van der Waals surface area contributed by atoms with Crippen LogP contribution in [0.15, 0.2) is 102 Å². The quantitative estimate of drug-likeness (QED) is 0.154.